The molecule has 0 aromatic heterocycles. The maximum Gasteiger partial charge on any atom is 0.245 e. The second kappa shape index (κ2) is 4.72. The molecule has 0 saturated heterocycles. The number of carbonyl (C=O) groups excluding carboxylic acids is 1. The van der Waals surface area contributed by atoms with E-state index in [0.29, 0.717) is 0 Å². The number of nitrogen functional groups attached to an aromatic ring is 1. The molecule has 0 radical (unpaired) electrons. The van der Waals surface area contributed by atoms with Gasteiger partial charge in [-0.25, -0.2) is 8.42 Å². The molecule has 1 aromatic carbocycles. The molecule has 4 N–H and O–H groups in total. The average molecular weight is 257 g/mol. The molecule has 7 heteroatoms. The van der Waals surface area contributed by atoms with Gasteiger partial charge in [0.1, 0.15) is 4.90 Å². The largest absolute Gasteiger partial charge is 0.398 e. The lowest BCUT2D eigenvalue weighted by Gasteiger charge is -2.16. The highest BCUT2D eigenvalue weighted by molar-refractivity contribution is 7.89. The lowest BCUT2D eigenvalue weighted by atomic mass is 10.2. The first-order chi connectivity index (χ1) is 7.75. The van der Waals surface area contributed by atoms with Crippen LogP contribution in [0.15, 0.2) is 23.1 Å². The fourth-order valence-corrected chi connectivity index (χ4v) is 2.60. The molecule has 0 aliphatic carbocycles. The van der Waals surface area contributed by atoms with Crippen LogP contribution in [0.3, 0.4) is 0 Å². The molecule has 0 bridgehead atoms. The van der Waals surface area contributed by atoms with Crippen LogP contribution < -0.4 is 11.5 Å². The van der Waals surface area contributed by atoms with Crippen molar-refractivity contribution in [3.05, 3.63) is 23.8 Å². The van der Waals surface area contributed by atoms with Gasteiger partial charge in [-0.2, -0.15) is 4.31 Å². The van der Waals surface area contributed by atoms with E-state index in [-0.39, 0.29) is 17.1 Å². The number of sulfonamides is 1. The summed E-state index contributed by atoms with van der Waals surface area (Å²) in [7, 11) is -2.50. The summed E-state index contributed by atoms with van der Waals surface area (Å²) in [6.45, 7) is 1.43. The molecule has 0 saturated carbocycles. The number of anilines is 1. The van der Waals surface area contributed by atoms with Crippen molar-refractivity contribution < 1.29 is 13.2 Å². The summed E-state index contributed by atoms with van der Waals surface area (Å²) in [6, 6.07) is 4.61. The molecule has 0 spiro atoms. The first-order valence-electron chi connectivity index (χ1n) is 4.86. The normalized spacial score (nSPS) is 11.7. The second-order valence-electron chi connectivity index (χ2n) is 3.77. The topological polar surface area (TPSA) is 106 Å². The predicted octanol–water partition coefficient (Wildman–Crippen LogP) is -0.317. The fraction of sp³-hybridized carbons (Fsp3) is 0.300. The molecular formula is C10H15N3O3S. The summed E-state index contributed by atoms with van der Waals surface area (Å²) in [5.74, 6) is -0.721. The third-order valence-electron chi connectivity index (χ3n) is 2.23. The standard InChI is InChI=1S/C10H15N3O3S/c1-7-3-4-9(8(11)5-7)17(15,16)13(2)6-10(12)14/h3-5H,6,11H2,1-2H3,(H2,12,14). The number of likely N-dealkylation sites (N-methyl/N-ethyl adjacent to an activating group) is 1. The Balaban J connectivity index is 3.17. The minimum Gasteiger partial charge on any atom is -0.398 e. The van der Waals surface area contributed by atoms with Gasteiger partial charge in [0.15, 0.2) is 0 Å². The van der Waals surface area contributed by atoms with E-state index in [0.717, 1.165) is 9.87 Å². The van der Waals surface area contributed by atoms with Gasteiger partial charge in [0.25, 0.3) is 0 Å². The SMILES string of the molecule is Cc1ccc(S(=O)(=O)N(C)CC(N)=O)c(N)c1. The number of benzene rings is 1. The molecule has 0 fully saturated rings. The molecule has 0 unspecified atom stereocenters. The van der Waals surface area contributed by atoms with E-state index in [9.17, 15) is 13.2 Å². The summed E-state index contributed by atoms with van der Waals surface area (Å²) in [5.41, 5.74) is 11.6. The van der Waals surface area contributed by atoms with Crippen molar-refractivity contribution in [1.82, 2.24) is 4.31 Å². The summed E-state index contributed by atoms with van der Waals surface area (Å²) in [6.07, 6.45) is 0. The van der Waals surface area contributed by atoms with E-state index in [1.165, 1.54) is 13.1 Å². The van der Waals surface area contributed by atoms with Crippen molar-refractivity contribution in [3.63, 3.8) is 0 Å². The van der Waals surface area contributed by atoms with Crippen LogP contribution in [-0.2, 0) is 14.8 Å². The van der Waals surface area contributed by atoms with Crippen molar-refractivity contribution >= 4 is 21.6 Å². The Morgan fingerprint density at radius 2 is 2.00 bits per heavy atom. The molecule has 0 atom stereocenters. The van der Waals surface area contributed by atoms with Gasteiger partial charge >= 0.3 is 0 Å². The minimum atomic E-state index is -3.77. The van der Waals surface area contributed by atoms with Gasteiger partial charge < -0.3 is 11.5 Å². The van der Waals surface area contributed by atoms with Crippen LogP contribution in [-0.4, -0.2) is 32.2 Å². The number of nitrogens with two attached hydrogens (primary N) is 2. The molecule has 0 aliphatic heterocycles. The number of aryl methyl sites for hydroxylation is 1. The maximum atomic E-state index is 12.0. The minimum absolute atomic E-state index is 0.0214. The third kappa shape index (κ3) is 2.95. The van der Waals surface area contributed by atoms with Gasteiger partial charge in [0.05, 0.1) is 12.2 Å². The summed E-state index contributed by atoms with van der Waals surface area (Å²) in [5, 5.41) is 0. The zero-order valence-electron chi connectivity index (χ0n) is 9.67. The zero-order chi connectivity index (χ0) is 13.2. The molecule has 94 valence electrons. The van der Waals surface area contributed by atoms with Gasteiger partial charge in [-0.1, -0.05) is 6.07 Å². The third-order valence-corrected chi connectivity index (χ3v) is 4.11. The molecule has 17 heavy (non-hydrogen) atoms. The van der Waals surface area contributed by atoms with Gasteiger partial charge in [-0.05, 0) is 24.6 Å². The van der Waals surface area contributed by atoms with Crippen LogP contribution in [0.2, 0.25) is 0 Å². The summed E-state index contributed by atoms with van der Waals surface area (Å²) >= 11 is 0. The van der Waals surface area contributed by atoms with Crippen molar-refractivity contribution in [2.75, 3.05) is 19.3 Å². The van der Waals surface area contributed by atoms with Crippen molar-refractivity contribution in [2.24, 2.45) is 5.73 Å². The quantitative estimate of drug-likeness (QED) is 0.721. The molecule has 1 rings (SSSR count). The summed E-state index contributed by atoms with van der Waals surface area (Å²) in [4.78, 5) is 10.7. The lowest BCUT2D eigenvalue weighted by Crippen LogP contribution is -2.35. The van der Waals surface area contributed by atoms with Crippen LogP contribution in [0.25, 0.3) is 0 Å². The lowest BCUT2D eigenvalue weighted by molar-refractivity contribution is -0.118. The fourth-order valence-electron chi connectivity index (χ4n) is 1.38. The Kier molecular flexibility index (Phi) is 3.74. The Bertz CT molecular complexity index is 540. The Morgan fingerprint density at radius 1 is 1.41 bits per heavy atom. The number of rotatable bonds is 4. The Morgan fingerprint density at radius 3 is 2.47 bits per heavy atom. The van der Waals surface area contributed by atoms with Gasteiger partial charge in [-0.3, -0.25) is 4.79 Å². The number of nitrogens with zero attached hydrogens (tertiary/aromatic N) is 1. The Hall–Kier alpha value is -1.60. The number of carbonyl (C=O) groups is 1. The highest BCUT2D eigenvalue weighted by Crippen LogP contribution is 2.22. The van der Waals surface area contributed by atoms with E-state index in [1.54, 1.807) is 19.1 Å². The number of primary amides is 1. The number of hydrogen-bond donors (Lipinski definition) is 2. The second-order valence-corrected chi connectivity index (χ2v) is 5.78. The molecule has 6 nitrogen and oxygen atoms in total. The van der Waals surface area contributed by atoms with Crippen LogP contribution in [0.4, 0.5) is 5.69 Å². The van der Waals surface area contributed by atoms with E-state index < -0.39 is 15.9 Å². The highest BCUT2D eigenvalue weighted by atomic mass is 32.2. The molecular weight excluding hydrogens is 242 g/mol. The first-order valence-corrected chi connectivity index (χ1v) is 6.30. The Labute approximate surface area is 100 Å². The van der Waals surface area contributed by atoms with Gasteiger partial charge in [0.2, 0.25) is 15.9 Å². The summed E-state index contributed by atoms with van der Waals surface area (Å²) < 4.78 is 24.9. The van der Waals surface area contributed by atoms with E-state index in [4.69, 9.17) is 11.5 Å². The molecule has 0 aliphatic rings. The average Bonchev–Trinajstić information content (AvgIpc) is 2.15. The van der Waals surface area contributed by atoms with Crippen LogP contribution in [0, 0.1) is 6.92 Å². The monoisotopic (exact) mass is 257 g/mol. The molecule has 1 aromatic rings. The van der Waals surface area contributed by atoms with Gasteiger partial charge in [-0.15, -0.1) is 0 Å². The predicted molar refractivity (Wildman–Crippen MR) is 64.6 cm³/mol. The van der Waals surface area contributed by atoms with E-state index >= 15 is 0 Å². The van der Waals surface area contributed by atoms with Crippen LogP contribution >= 0.6 is 0 Å². The number of hydrogen-bond acceptors (Lipinski definition) is 4. The van der Waals surface area contributed by atoms with Crippen LogP contribution in [0.5, 0.6) is 0 Å². The number of amides is 1. The maximum absolute atomic E-state index is 12.0. The smallest absolute Gasteiger partial charge is 0.245 e. The first kappa shape index (κ1) is 13.5. The molecule has 1 amide bonds. The van der Waals surface area contributed by atoms with Crippen molar-refractivity contribution in [3.8, 4) is 0 Å². The van der Waals surface area contributed by atoms with Crippen molar-refractivity contribution in [1.29, 1.82) is 0 Å². The molecule has 0 heterocycles. The highest BCUT2D eigenvalue weighted by Gasteiger charge is 2.24. The van der Waals surface area contributed by atoms with E-state index in [1.807, 2.05) is 0 Å². The zero-order valence-corrected chi connectivity index (χ0v) is 10.5. The van der Waals surface area contributed by atoms with Crippen LogP contribution in [0.1, 0.15) is 5.56 Å². The van der Waals surface area contributed by atoms with Gasteiger partial charge in [0, 0.05) is 7.05 Å². The van der Waals surface area contributed by atoms with E-state index in [2.05, 4.69) is 0 Å². The van der Waals surface area contributed by atoms with Crippen molar-refractivity contribution in [2.45, 2.75) is 11.8 Å².